The summed E-state index contributed by atoms with van der Waals surface area (Å²) in [4.78, 5) is 13.7. The van der Waals surface area contributed by atoms with Gasteiger partial charge in [-0.1, -0.05) is 0 Å². The van der Waals surface area contributed by atoms with E-state index in [9.17, 15) is 9.90 Å². The Labute approximate surface area is 102 Å². The van der Waals surface area contributed by atoms with Crippen LogP contribution in [0.2, 0.25) is 0 Å². The van der Waals surface area contributed by atoms with E-state index < -0.39 is 0 Å². The second-order valence-corrected chi connectivity index (χ2v) is 5.14. The predicted molar refractivity (Wildman–Crippen MR) is 63.7 cm³/mol. The van der Waals surface area contributed by atoms with E-state index in [4.69, 9.17) is 4.74 Å². The molecule has 0 aromatic heterocycles. The van der Waals surface area contributed by atoms with Crippen LogP contribution in [0.5, 0.6) is 0 Å². The summed E-state index contributed by atoms with van der Waals surface area (Å²) in [6, 6.07) is 0.448. The predicted octanol–water partition coefficient (Wildman–Crippen LogP) is -0.262. The minimum absolute atomic E-state index is 0.0663. The number of ether oxygens (including phenoxy) is 1. The monoisotopic (exact) mass is 242 g/mol. The van der Waals surface area contributed by atoms with Crippen LogP contribution in [0, 0.1) is 0 Å². The van der Waals surface area contributed by atoms with Gasteiger partial charge >= 0.3 is 0 Å². The fourth-order valence-electron chi connectivity index (χ4n) is 2.21. The molecule has 0 radical (unpaired) electrons. The first-order valence-electron chi connectivity index (χ1n) is 6.36. The molecular formula is C12H22N2O3. The first-order chi connectivity index (χ1) is 8.17. The number of nitrogens with one attached hydrogen (secondary N) is 1. The second-order valence-electron chi connectivity index (χ2n) is 5.14. The summed E-state index contributed by atoms with van der Waals surface area (Å²) in [6.45, 7) is 1.69. The van der Waals surface area contributed by atoms with Gasteiger partial charge in [0.2, 0.25) is 5.91 Å². The molecule has 0 atom stereocenters. The number of hydrogen-bond donors (Lipinski definition) is 2. The number of amides is 1. The summed E-state index contributed by atoms with van der Waals surface area (Å²) in [7, 11) is 1.86. The number of nitrogens with zero attached hydrogens (tertiary/aromatic N) is 1. The maximum absolute atomic E-state index is 11.9. The normalized spacial score (nSPS) is 23.4. The van der Waals surface area contributed by atoms with Crippen molar-refractivity contribution in [3.8, 4) is 0 Å². The van der Waals surface area contributed by atoms with Crippen LogP contribution >= 0.6 is 0 Å². The average molecular weight is 242 g/mol. The number of rotatable bonds is 5. The lowest BCUT2D eigenvalue weighted by Gasteiger charge is -2.36. The lowest BCUT2D eigenvalue weighted by molar-refractivity contribution is -0.130. The first-order valence-corrected chi connectivity index (χ1v) is 6.36. The highest BCUT2D eigenvalue weighted by molar-refractivity contribution is 5.78. The summed E-state index contributed by atoms with van der Waals surface area (Å²) in [5.41, 5.74) is -0.321. The molecule has 0 aromatic rings. The van der Waals surface area contributed by atoms with Crippen molar-refractivity contribution < 1.29 is 14.6 Å². The summed E-state index contributed by atoms with van der Waals surface area (Å²) >= 11 is 0. The van der Waals surface area contributed by atoms with E-state index >= 15 is 0 Å². The van der Waals surface area contributed by atoms with E-state index in [0.717, 1.165) is 25.7 Å². The molecule has 5 nitrogen and oxygen atoms in total. The van der Waals surface area contributed by atoms with Gasteiger partial charge < -0.3 is 20.1 Å². The Hall–Kier alpha value is -0.650. The van der Waals surface area contributed by atoms with Crippen molar-refractivity contribution in [1.82, 2.24) is 10.2 Å². The quantitative estimate of drug-likeness (QED) is 0.697. The van der Waals surface area contributed by atoms with Gasteiger partial charge in [0.25, 0.3) is 0 Å². The third-order valence-corrected chi connectivity index (χ3v) is 3.86. The zero-order valence-electron chi connectivity index (χ0n) is 10.4. The van der Waals surface area contributed by atoms with Crippen molar-refractivity contribution in [2.75, 3.05) is 33.4 Å². The van der Waals surface area contributed by atoms with Crippen molar-refractivity contribution in [1.29, 1.82) is 0 Å². The fourth-order valence-corrected chi connectivity index (χ4v) is 2.21. The number of aliphatic hydroxyl groups is 1. The number of hydrogen-bond acceptors (Lipinski definition) is 4. The highest BCUT2D eigenvalue weighted by Crippen LogP contribution is 2.25. The highest BCUT2D eigenvalue weighted by atomic mass is 16.5. The van der Waals surface area contributed by atoms with Gasteiger partial charge in [-0.2, -0.15) is 0 Å². The molecule has 0 aromatic carbocycles. The molecule has 0 unspecified atom stereocenters. The summed E-state index contributed by atoms with van der Waals surface area (Å²) < 4.78 is 5.28. The minimum atomic E-state index is -0.321. The summed E-state index contributed by atoms with van der Waals surface area (Å²) in [6.07, 6.45) is 3.79. The molecule has 1 heterocycles. The SMILES string of the molecule is CN(C(=O)CNC1(CO)CCOCC1)C1CC1. The minimum Gasteiger partial charge on any atom is -0.394 e. The fraction of sp³-hybridized carbons (Fsp3) is 0.917. The lowest BCUT2D eigenvalue weighted by atomic mass is 9.91. The standard InChI is InChI=1S/C12H22N2O3/c1-14(10-2-3-10)11(16)8-13-12(9-15)4-6-17-7-5-12/h10,13,15H,2-9H2,1H3. The van der Waals surface area contributed by atoms with Crippen molar-refractivity contribution in [3.05, 3.63) is 0 Å². The van der Waals surface area contributed by atoms with Crippen LogP contribution in [0.25, 0.3) is 0 Å². The van der Waals surface area contributed by atoms with Gasteiger partial charge in [-0.25, -0.2) is 0 Å². The molecule has 2 N–H and O–H groups in total. The van der Waals surface area contributed by atoms with Crippen molar-refractivity contribution >= 4 is 5.91 Å². The zero-order chi connectivity index (χ0) is 12.3. The van der Waals surface area contributed by atoms with Gasteiger partial charge in [-0.05, 0) is 25.7 Å². The molecule has 0 spiro atoms. The van der Waals surface area contributed by atoms with Crippen LogP contribution in [-0.2, 0) is 9.53 Å². The molecule has 1 amide bonds. The maximum Gasteiger partial charge on any atom is 0.236 e. The molecule has 17 heavy (non-hydrogen) atoms. The van der Waals surface area contributed by atoms with Gasteiger partial charge in [0.05, 0.1) is 13.2 Å². The van der Waals surface area contributed by atoms with Gasteiger partial charge in [-0.15, -0.1) is 0 Å². The Morgan fingerprint density at radius 3 is 2.65 bits per heavy atom. The third-order valence-electron chi connectivity index (χ3n) is 3.86. The van der Waals surface area contributed by atoms with Crippen LogP contribution < -0.4 is 5.32 Å². The van der Waals surface area contributed by atoms with E-state index in [1.807, 2.05) is 11.9 Å². The van der Waals surface area contributed by atoms with E-state index in [1.165, 1.54) is 0 Å². The number of aliphatic hydroxyl groups excluding tert-OH is 1. The molecule has 1 aliphatic heterocycles. The number of likely N-dealkylation sites (N-methyl/N-ethyl adjacent to an activating group) is 1. The molecule has 2 fully saturated rings. The Morgan fingerprint density at radius 1 is 1.47 bits per heavy atom. The third kappa shape index (κ3) is 3.18. The molecule has 5 heteroatoms. The zero-order valence-corrected chi connectivity index (χ0v) is 10.4. The van der Waals surface area contributed by atoms with Crippen molar-refractivity contribution in [2.24, 2.45) is 0 Å². The van der Waals surface area contributed by atoms with E-state index in [2.05, 4.69) is 5.32 Å². The Bertz CT molecular complexity index is 273. The molecule has 2 aliphatic rings. The molecule has 1 saturated heterocycles. The van der Waals surface area contributed by atoms with E-state index in [0.29, 0.717) is 25.8 Å². The lowest BCUT2D eigenvalue weighted by Crippen LogP contribution is -2.55. The van der Waals surface area contributed by atoms with Crippen LogP contribution in [0.15, 0.2) is 0 Å². The highest BCUT2D eigenvalue weighted by Gasteiger charge is 2.34. The topological polar surface area (TPSA) is 61.8 Å². The Morgan fingerprint density at radius 2 is 2.12 bits per heavy atom. The van der Waals surface area contributed by atoms with Crippen LogP contribution in [0.3, 0.4) is 0 Å². The molecule has 0 bridgehead atoms. The average Bonchev–Trinajstić information content (AvgIpc) is 3.20. The van der Waals surface area contributed by atoms with Gasteiger partial charge in [-0.3, -0.25) is 4.79 Å². The van der Waals surface area contributed by atoms with Crippen molar-refractivity contribution in [2.45, 2.75) is 37.3 Å². The van der Waals surface area contributed by atoms with E-state index in [1.54, 1.807) is 0 Å². The van der Waals surface area contributed by atoms with Gasteiger partial charge in [0.1, 0.15) is 0 Å². The number of carbonyl (C=O) groups excluding carboxylic acids is 1. The second kappa shape index (κ2) is 5.33. The van der Waals surface area contributed by atoms with Gasteiger partial charge in [0, 0.05) is 31.8 Å². The van der Waals surface area contributed by atoms with Crippen molar-refractivity contribution in [3.63, 3.8) is 0 Å². The molecule has 2 rings (SSSR count). The summed E-state index contributed by atoms with van der Waals surface area (Å²) in [5.74, 6) is 0.117. The molecule has 98 valence electrons. The van der Waals surface area contributed by atoms with E-state index in [-0.39, 0.29) is 18.1 Å². The summed E-state index contributed by atoms with van der Waals surface area (Å²) in [5, 5.41) is 12.7. The largest absolute Gasteiger partial charge is 0.394 e. The first kappa shape index (κ1) is 12.8. The maximum atomic E-state index is 11.9. The molecule has 1 aliphatic carbocycles. The smallest absolute Gasteiger partial charge is 0.236 e. The number of carbonyl (C=O) groups is 1. The van der Waals surface area contributed by atoms with Crippen LogP contribution in [0.1, 0.15) is 25.7 Å². The Balaban J connectivity index is 1.80. The van der Waals surface area contributed by atoms with Crippen LogP contribution in [0.4, 0.5) is 0 Å². The Kier molecular flexibility index (Phi) is 4.01. The molecule has 1 saturated carbocycles. The van der Waals surface area contributed by atoms with Gasteiger partial charge in [0.15, 0.2) is 0 Å². The van der Waals surface area contributed by atoms with Crippen LogP contribution in [-0.4, -0.2) is 60.9 Å². The molecular weight excluding hydrogens is 220 g/mol.